The molecule has 0 bridgehead atoms. The van der Waals surface area contributed by atoms with Gasteiger partial charge >= 0.3 is 0 Å². The molecule has 1 heterocycles. The minimum atomic E-state index is -0.309. The number of anilines is 1. The van der Waals surface area contributed by atoms with E-state index in [0.717, 1.165) is 10.9 Å². The zero-order valence-electron chi connectivity index (χ0n) is 18.5. The molecule has 0 radical (unpaired) electrons. The van der Waals surface area contributed by atoms with Crippen LogP contribution in [0.15, 0.2) is 77.2 Å². The van der Waals surface area contributed by atoms with Gasteiger partial charge in [-0.15, -0.1) is 0 Å². The van der Waals surface area contributed by atoms with E-state index in [0.29, 0.717) is 33.9 Å². The van der Waals surface area contributed by atoms with Gasteiger partial charge in [0.25, 0.3) is 0 Å². The first-order chi connectivity index (χ1) is 16.0. The average Bonchev–Trinajstić information content (AvgIpc) is 3.18. The van der Waals surface area contributed by atoms with Crippen molar-refractivity contribution < 1.29 is 23.5 Å². The number of fused-ring (bicyclic) bond motifs is 1. The maximum absolute atomic E-state index is 13.3. The molecular formula is C27H23NO5. The number of ether oxygens (including phenoxy) is 2. The minimum Gasteiger partial charge on any atom is -0.497 e. The van der Waals surface area contributed by atoms with Crippen LogP contribution in [0.3, 0.4) is 0 Å². The highest BCUT2D eigenvalue weighted by Gasteiger charge is 2.23. The number of ketones is 1. The Bertz CT molecular complexity index is 1350. The van der Waals surface area contributed by atoms with E-state index in [4.69, 9.17) is 13.9 Å². The normalized spacial score (nSPS) is 11.0. The van der Waals surface area contributed by atoms with Crippen LogP contribution in [0, 0.1) is 6.92 Å². The first-order valence-corrected chi connectivity index (χ1v) is 10.3. The van der Waals surface area contributed by atoms with E-state index in [-0.39, 0.29) is 17.5 Å². The first kappa shape index (κ1) is 21.9. The Morgan fingerprint density at radius 1 is 0.939 bits per heavy atom. The van der Waals surface area contributed by atoms with E-state index < -0.39 is 0 Å². The second-order valence-electron chi connectivity index (χ2n) is 7.40. The van der Waals surface area contributed by atoms with Crippen LogP contribution in [-0.2, 0) is 4.79 Å². The maximum Gasteiger partial charge on any atom is 0.248 e. The summed E-state index contributed by atoms with van der Waals surface area (Å²) in [5, 5.41) is 3.61. The number of hydrogen-bond donors (Lipinski definition) is 1. The summed E-state index contributed by atoms with van der Waals surface area (Å²) in [5.74, 6) is 0.610. The van der Waals surface area contributed by atoms with Gasteiger partial charge in [0.05, 0.1) is 19.8 Å². The fourth-order valence-corrected chi connectivity index (χ4v) is 3.55. The van der Waals surface area contributed by atoms with Crippen molar-refractivity contribution in [3.63, 3.8) is 0 Å². The monoisotopic (exact) mass is 441 g/mol. The lowest BCUT2D eigenvalue weighted by molar-refractivity contribution is -0.111. The molecule has 1 aromatic heterocycles. The van der Waals surface area contributed by atoms with Crippen molar-refractivity contribution in [2.24, 2.45) is 0 Å². The molecule has 0 fully saturated rings. The molecule has 0 saturated heterocycles. The largest absolute Gasteiger partial charge is 0.497 e. The summed E-state index contributed by atoms with van der Waals surface area (Å²) in [6, 6.07) is 19.9. The third kappa shape index (κ3) is 4.65. The third-order valence-corrected chi connectivity index (χ3v) is 5.29. The smallest absolute Gasteiger partial charge is 0.248 e. The van der Waals surface area contributed by atoms with Crippen LogP contribution in [0.25, 0.3) is 17.0 Å². The molecule has 166 valence electrons. The van der Waals surface area contributed by atoms with E-state index in [1.54, 1.807) is 36.4 Å². The topological polar surface area (TPSA) is 77.8 Å². The lowest BCUT2D eigenvalue weighted by Crippen LogP contribution is -2.07. The van der Waals surface area contributed by atoms with Crippen LogP contribution in [0.1, 0.15) is 27.2 Å². The Kier molecular flexibility index (Phi) is 6.26. The summed E-state index contributed by atoms with van der Waals surface area (Å²) in [6.45, 7) is 1.83. The molecule has 0 aliphatic heterocycles. The Labute approximate surface area is 191 Å². The summed E-state index contributed by atoms with van der Waals surface area (Å²) < 4.78 is 16.5. The van der Waals surface area contributed by atoms with Crippen molar-refractivity contribution >= 4 is 34.4 Å². The molecule has 0 aliphatic rings. The zero-order chi connectivity index (χ0) is 23.4. The van der Waals surface area contributed by atoms with Gasteiger partial charge in [0.2, 0.25) is 11.7 Å². The van der Waals surface area contributed by atoms with Crippen LogP contribution >= 0.6 is 0 Å². The Balaban J connectivity index is 1.60. The third-order valence-electron chi connectivity index (χ3n) is 5.29. The second-order valence-corrected chi connectivity index (χ2v) is 7.40. The molecule has 33 heavy (non-hydrogen) atoms. The van der Waals surface area contributed by atoms with Gasteiger partial charge in [-0.3, -0.25) is 9.59 Å². The number of rotatable bonds is 7. The first-order valence-electron chi connectivity index (χ1n) is 10.3. The SMILES string of the molecule is COc1ccc(OC)c(C(=O)c2oc3cc(NC(=O)/C=C/c4ccccc4)ccc3c2C)c1. The predicted molar refractivity (Wildman–Crippen MR) is 128 cm³/mol. The number of hydrogen-bond acceptors (Lipinski definition) is 5. The number of nitrogens with one attached hydrogen (secondary N) is 1. The fourth-order valence-electron chi connectivity index (χ4n) is 3.55. The molecule has 0 aliphatic carbocycles. The van der Waals surface area contributed by atoms with Crippen molar-refractivity contribution in [2.45, 2.75) is 6.92 Å². The number of amides is 1. The average molecular weight is 441 g/mol. The number of methoxy groups -OCH3 is 2. The van der Waals surface area contributed by atoms with E-state index in [1.807, 2.05) is 43.3 Å². The molecule has 0 atom stereocenters. The second kappa shape index (κ2) is 9.44. The van der Waals surface area contributed by atoms with Crippen molar-refractivity contribution in [1.29, 1.82) is 0 Å². The van der Waals surface area contributed by atoms with Gasteiger partial charge in [-0.2, -0.15) is 0 Å². The number of furan rings is 1. The van der Waals surface area contributed by atoms with Gasteiger partial charge in [-0.05, 0) is 48.9 Å². The summed E-state index contributed by atoms with van der Waals surface area (Å²) >= 11 is 0. The van der Waals surface area contributed by atoms with Crippen molar-refractivity contribution in [1.82, 2.24) is 0 Å². The molecule has 4 aromatic rings. The molecule has 1 amide bonds. The van der Waals surface area contributed by atoms with Crippen LogP contribution in [0.2, 0.25) is 0 Å². The van der Waals surface area contributed by atoms with Gasteiger partial charge in [0.15, 0.2) is 5.76 Å². The molecule has 3 aromatic carbocycles. The standard InChI is InChI=1S/C27H23NO5/c1-17-21-12-10-19(28-25(29)14-9-18-7-5-4-6-8-18)15-24(21)33-27(17)26(30)22-16-20(31-2)11-13-23(22)32-3/h4-16H,1-3H3,(H,28,29)/b14-9+. The van der Waals surface area contributed by atoms with E-state index >= 15 is 0 Å². The molecule has 0 spiro atoms. The quantitative estimate of drug-likeness (QED) is 0.297. The van der Waals surface area contributed by atoms with Gasteiger partial charge in [-0.25, -0.2) is 0 Å². The van der Waals surface area contributed by atoms with Crippen molar-refractivity contribution in [2.75, 3.05) is 19.5 Å². The Morgan fingerprint density at radius 3 is 2.45 bits per heavy atom. The highest BCUT2D eigenvalue weighted by Crippen LogP contribution is 2.32. The van der Waals surface area contributed by atoms with Gasteiger partial charge in [0.1, 0.15) is 17.1 Å². The lowest BCUT2D eigenvalue weighted by atomic mass is 10.0. The molecule has 6 nitrogen and oxygen atoms in total. The number of aryl methyl sites for hydroxylation is 1. The summed E-state index contributed by atoms with van der Waals surface area (Å²) in [5.41, 5.74) is 3.06. The lowest BCUT2D eigenvalue weighted by Gasteiger charge is -2.08. The molecule has 6 heteroatoms. The van der Waals surface area contributed by atoms with Crippen molar-refractivity contribution in [3.05, 3.63) is 95.3 Å². The van der Waals surface area contributed by atoms with E-state index in [9.17, 15) is 9.59 Å². The molecule has 0 unspecified atom stereocenters. The molecule has 0 saturated carbocycles. The van der Waals surface area contributed by atoms with E-state index in [1.165, 1.54) is 20.3 Å². The van der Waals surface area contributed by atoms with Crippen molar-refractivity contribution in [3.8, 4) is 11.5 Å². The van der Waals surface area contributed by atoms with Gasteiger partial charge in [0, 0.05) is 28.8 Å². The Morgan fingerprint density at radius 2 is 1.73 bits per heavy atom. The molecule has 1 N–H and O–H groups in total. The fraction of sp³-hybridized carbons (Fsp3) is 0.111. The zero-order valence-corrected chi connectivity index (χ0v) is 18.5. The number of benzene rings is 3. The summed E-state index contributed by atoms with van der Waals surface area (Å²) in [6.07, 6.45) is 3.21. The van der Waals surface area contributed by atoms with Gasteiger partial charge in [-0.1, -0.05) is 30.3 Å². The molecular weight excluding hydrogens is 418 g/mol. The van der Waals surface area contributed by atoms with Crippen LogP contribution in [0.5, 0.6) is 11.5 Å². The highest BCUT2D eigenvalue weighted by atomic mass is 16.5. The summed E-state index contributed by atoms with van der Waals surface area (Å²) in [7, 11) is 3.04. The van der Waals surface area contributed by atoms with Crippen LogP contribution in [-0.4, -0.2) is 25.9 Å². The number of carbonyl (C=O) groups is 2. The molecule has 4 rings (SSSR count). The summed E-state index contributed by atoms with van der Waals surface area (Å²) in [4.78, 5) is 25.6. The van der Waals surface area contributed by atoms with Crippen LogP contribution in [0.4, 0.5) is 5.69 Å². The number of carbonyl (C=O) groups excluding carboxylic acids is 2. The van der Waals surface area contributed by atoms with Crippen LogP contribution < -0.4 is 14.8 Å². The van der Waals surface area contributed by atoms with Gasteiger partial charge < -0.3 is 19.2 Å². The highest BCUT2D eigenvalue weighted by molar-refractivity contribution is 6.12. The predicted octanol–water partition coefficient (Wildman–Crippen LogP) is 5.64. The maximum atomic E-state index is 13.3. The minimum absolute atomic E-state index is 0.212. The Hall–Kier alpha value is -4.32. The van der Waals surface area contributed by atoms with E-state index in [2.05, 4.69) is 5.32 Å².